The number of rotatable bonds is 4. The molecular formula is C23H17F6N3. The highest BCUT2D eigenvalue weighted by Crippen LogP contribution is 2.31. The van der Waals surface area contributed by atoms with Gasteiger partial charge in [0.05, 0.1) is 45.3 Å². The van der Waals surface area contributed by atoms with Gasteiger partial charge in [-0.15, -0.1) is 0 Å². The van der Waals surface area contributed by atoms with Crippen LogP contribution in [0.4, 0.5) is 37.7 Å². The summed E-state index contributed by atoms with van der Waals surface area (Å²) in [6.45, 7) is 3.35. The van der Waals surface area contributed by atoms with E-state index in [0.717, 1.165) is 24.3 Å². The minimum absolute atomic E-state index is 0.345. The van der Waals surface area contributed by atoms with Gasteiger partial charge in [-0.25, -0.2) is 4.98 Å². The number of hydrogen-bond donors (Lipinski definition) is 0. The zero-order valence-corrected chi connectivity index (χ0v) is 17.0. The number of alkyl halides is 6. The molecule has 0 bridgehead atoms. The average Bonchev–Trinajstić information content (AvgIpc) is 2.73. The van der Waals surface area contributed by atoms with Crippen LogP contribution in [0.25, 0.3) is 0 Å². The molecule has 0 spiro atoms. The first-order valence-electron chi connectivity index (χ1n) is 9.36. The molecule has 1 heterocycles. The lowest BCUT2D eigenvalue weighted by Gasteiger charge is -2.08. The van der Waals surface area contributed by atoms with Crippen LogP contribution >= 0.6 is 0 Å². The second kappa shape index (κ2) is 8.94. The average molecular weight is 449 g/mol. The number of nitrogens with zero attached hydrogens (tertiary/aromatic N) is 3. The Hall–Kier alpha value is -3.49. The summed E-state index contributed by atoms with van der Waals surface area (Å²) >= 11 is 0. The molecule has 3 rings (SSSR count). The molecule has 32 heavy (non-hydrogen) atoms. The lowest BCUT2D eigenvalue weighted by molar-refractivity contribution is -0.138. The third-order valence-corrected chi connectivity index (χ3v) is 4.47. The summed E-state index contributed by atoms with van der Waals surface area (Å²) in [5.74, 6) is 0. The van der Waals surface area contributed by atoms with Crippen molar-refractivity contribution in [1.82, 2.24) is 4.98 Å². The van der Waals surface area contributed by atoms with Crippen LogP contribution in [0.15, 0.2) is 76.7 Å². The van der Waals surface area contributed by atoms with Crippen LogP contribution in [-0.4, -0.2) is 16.4 Å². The molecule has 9 heteroatoms. The fraction of sp³-hybridized carbons (Fsp3) is 0.174. The number of hydrogen-bond acceptors (Lipinski definition) is 3. The highest BCUT2D eigenvalue weighted by molar-refractivity contribution is 6.02. The summed E-state index contributed by atoms with van der Waals surface area (Å²) in [6, 6.07) is 14.0. The van der Waals surface area contributed by atoms with E-state index in [1.165, 1.54) is 24.3 Å². The van der Waals surface area contributed by atoms with Crippen LogP contribution in [0.5, 0.6) is 0 Å². The summed E-state index contributed by atoms with van der Waals surface area (Å²) in [4.78, 5) is 13.1. The van der Waals surface area contributed by atoms with Gasteiger partial charge in [-0.05, 0) is 74.5 Å². The molecule has 3 aromatic rings. The van der Waals surface area contributed by atoms with Gasteiger partial charge in [-0.1, -0.05) is 6.07 Å². The molecule has 0 radical (unpaired) electrons. The third kappa shape index (κ3) is 5.81. The predicted octanol–water partition coefficient (Wildman–Crippen LogP) is 7.40. The Morgan fingerprint density at radius 3 is 1.25 bits per heavy atom. The topological polar surface area (TPSA) is 37.6 Å². The van der Waals surface area contributed by atoms with Crippen molar-refractivity contribution in [1.29, 1.82) is 0 Å². The Bertz CT molecular complexity index is 1050. The second-order valence-corrected chi connectivity index (χ2v) is 6.89. The van der Waals surface area contributed by atoms with Crippen LogP contribution < -0.4 is 0 Å². The van der Waals surface area contributed by atoms with Crippen molar-refractivity contribution >= 4 is 22.8 Å². The van der Waals surface area contributed by atoms with Crippen LogP contribution in [0.2, 0.25) is 0 Å². The Kier molecular flexibility index (Phi) is 6.47. The van der Waals surface area contributed by atoms with E-state index in [4.69, 9.17) is 0 Å². The molecule has 0 fully saturated rings. The molecule has 0 unspecified atom stereocenters. The van der Waals surface area contributed by atoms with Gasteiger partial charge in [0, 0.05) is 0 Å². The van der Waals surface area contributed by atoms with E-state index in [2.05, 4.69) is 15.0 Å². The summed E-state index contributed by atoms with van der Waals surface area (Å²) in [5.41, 5.74) is 1.11. The van der Waals surface area contributed by atoms with E-state index in [9.17, 15) is 26.3 Å². The summed E-state index contributed by atoms with van der Waals surface area (Å²) in [5, 5.41) is 0. The van der Waals surface area contributed by atoms with Gasteiger partial charge in [0.15, 0.2) is 0 Å². The number of benzene rings is 2. The zero-order chi connectivity index (χ0) is 23.5. The maximum atomic E-state index is 12.7. The fourth-order valence-corrected chi connectivity index (χ4v) is 2.79. The van der Waals surface area contributed by atoms with Gasteiger partial charge in [0.2, 0.25) is 0 Å². The minimum Gasteiger partial charge on any atom is -0.252 e. The van der Waals surface area contributed by atoms with E-state index in [1.807, 2.05) is 0 Å². The quantitative estimate of drug-likeness (QED) is 0.302. The molecule has 0 aliphatic rings. The summed E-state index contributed by atoms with van der Waals surface area (Å²) in [7, 11) is 0. The monoisotopic (exact) mass is 449 g/mol. The minimum atomic E-state index is -4.42. The number of halogens is 6. The molecule has 2 aromatic carbocycles. The van der Waals surface area contributed by atoms with Crippen molar-refractivity contribution < 1.29 is 26.3 Å². The van der Waals surface area contributed by atoms with Crippen LogP contribution in [0.3, 0.4) is 0 Å². The Labute approximate surface area is 180 Å². The van der Waals surface area contributed by atoms with E-state index in [1.54, 1.807) is 32.0 Å². The van der Waals surface area contributed by atoms with E-state index in [0.29, 0.717) is 34.2 Å². The second-order valence-electron chi connectivity index (χ2n) is 6.89. The van der Waals surface area contributed by atoms with Gasteiger partial charge in [0.25, 0.3) is 0 Å². The first-order valence-corrected chi connectivity index (χ1v) is 9.36. The molecule has 166 valence electrons. The molecule has 0 saturated carbocycles. The molecule has 3 nitrogen and oxygen atoms in total. The van der Waals surface area contributed by atoms with Gasteiger partial charge >= 0.3 is 12.4 Å². The van der Waals surface area contributed by atoms with Crippen molar-refractivity contribution in [2.75, 3.05) is 0 Å². The lowest BCUT2D eigenvalue weighted by Crippen LogP contribution is -2.05. The zero-order valence-electron chi connectivity index (χ0n) is 17.0. The van der Waals surface area contributed by atoms with Gasteiger partial charge in [0.1, 0.15) is 0 Å². The Balaban J connectivity index is 1.82. The van der Waals surface area contributed by atoms with Crippen molar-refractivity contribution in [3.8, 4) is 0 Å². The first kappa shape index (κ1) is 23.2. The van der Waals surface area contributed by atoms with E-state index in [-0.39, 0.29) is 0 Å². The van der Waals surface area contributed by atoms with Crippen LogP contribution in [-0.2, 0) is 12.4 Å². The highest BCUT2D eigenvalue weighted by Gasteiger charge is 2.30. The van der Waals surface area contributed by atoms with Gasteiger partial charge in [-0.2, -0.15) is 26.3 Å². The maximum absolute atomic E-state index is 12.7. The number of aliphatic imine (C=N–C) groups is 2. The van der Waals surface area contributed by atoms with Crippen LogP contribution in [0, 0.1) is 0 Å². The van der Waals surface area contributed by atoms with Crippen molar-refractivity contribution in [3.05, 3.63) is 89.2 Å². The van der Waals surface area contributed by atoms with Crippen molar-refractivity contribution in [3.63, 3.8) is 0 Å². The molecule has 1 aromatic heterocycles. The standard InChI is InChI=1S/C23H17F6N3/c1-14(30-18-10-6-16(7-11-18)22(24,25)26)20-4-3-5-21(32-20)15(2)31-19-12-8-17(9-13-19)23(27,28)29/h3-13H,1-2H3. The highest BCUT2D eigenvalue weighted by atomic mass is 19.4. The Morgan fingerprint density at radius 1 is 0.594 bits per heavy atom. The molecule has 0 aliphatic carbocycles. The first-order chi connectivity index (χ1) is 14.9. The lowest BCUT2D eigenvalue weighted by atomic mass is 10.1. The van der Waals surface area contributed by atoms with Crippen molar-refractivity contribution in [2.24, 2.45) is 9.98 Å². The molecule has 0 aliphatic heterocycles. The van der Waals surface area contributed by atoms with E-state index < -0.39 is 23.5 Å². The third-order valence-electron chi connectivity index (χ3n) is 4.47. The molecule has 0 amide bonds. The smallest absolute Gasteiger partial charge is 0.252 e. The number of aromatic nitrogens is 1. The normalized spacial score (nSPS) is 13.4. The summed E-state index contributed by atoms with van der Waals surface area (Å²) < 4.78 is 76.1. The maximum Gasteiger partial charge on any atom is 0.416 e. The van der Waals surface area contributed by atoms with Gasteiger partial charge in [-0.3, -0.25) is 9.98 Å². The summed E-state index contributed by atoms with van der Waals surface area (Å²) in [6.07, 6.45) is -8.84. The van der Waals surface area contributed by atoms with Crippen molar-refractivity contribution in [2.45, 2.75) is 26.2 Å². The van der Waals surface area contributed by atoms with Crippen LogP contribution in [0.1, 0.15) is 36.4 Å². The number of pyridine rings is 1. The molecule has 0 atom stereocenters. The van der Waals surface area contributed by atoms with Gasteiger partial charge < -0.3 is 0 Å². The Morgan fingerprint density at radius 2 is 0.938 bits per heavy atom. The predicted molar refractivity (Wildman–Crippen MR) is 111 cm³/mol. The molecule has 0 N–H and O–H groups in total. The fourth-order valence-electron chi connectivity index (χ4n) is 2.79. The molecule has 0 saturated heterocycles. The largest absolute Gasteiger partial charge is 0.416 e. The molecular weight excluding hydrogens is 432 g/mol. The van der Waals surface area contributed by atoms with E-state index >= 15 is 0 Å². The SMILES string of the molecule is CC(=Nc1ccc(C(F)(F)F)cc1)c1cccc(C(C)=Nc2ccc(C(F)(F)F)cc2)n1.